The summed E-state index contributed by atoms with van der Waals surface area (Å²) in [5.41, 5.74) is 6.71. The highest BCUT2D eigenvalue weighted by Crippen LogP contribution is 2.25. The SMILES string of the molecule is CCc1cc(NC(=O)c2nn(Cc3ccc(NO)cc3)c3ccccc23)ccc1OC. The van der Waals surface area contributed by atoms with Crippen LogP contribution in [0.4, 0.5) is 11.4 Å². The van der Waals surface area contributed by atoms with Crippen molar-refractivity contribution in [1.29, 1.82) is 0 Å². The Labute approximate surface area is 180 Å². The fraction of sp³-hybridized carbons (Fsp3) is 0.167. The molecule has 0 saturated carbocycles. The Balaban J connectivity index is 1.63. The Morgan fingerprint density at radius 2 is 1.81 bits per heavy atom. The van der Waals surface area contributed by atoms with Crippen LogP contribution in [0.1, 0.15) is 28.5 Å². The van der Waals surface area contributed by atoms with E-state index in [-0.39, 0.29) is 5.91 Å². The minimum absolute atomic E-state index is 0.262. The van der Waals surface area contributed by atoms with Gasteiger partial charge in [-0.15, -0.1) is 0 Å². The lowest BCUT2D eigenvalue weighted by Crippen LogP contribution is -2.14. The molecule has 0 aliphatic heterocycles. The van der Waals surface area contributed by atoms with E-state index in [1.165, 1.54) is 0 Å². The van der Waals surface area contributed by atoms with Crippen molar-refractivity contribution < 1.29 is 14.7 Å². The number of methoxy groups -OCH3 is 1. The van der Waals surface area contributed by atoms with Gasteiger partial charge in [-0.1, -0.05) is 37.3 Å². The summed E-state index contributed by atoms with van der Waals surface area (Å²) in [5.74, 6) is 0.541. The summed E-state index contributed by atoms with van der Waals surface area (Å²) in [6.07, 6.45) is 0.801. The molecule has 0 aliphatic carbocycles. The van der Waals surface area contributed by atoms with Crippen molar-refractivity contribution in [1.82, 2.24) is 9.78 Å². The number of para-hydroxylation sites is 1. The number of fused-ring (bicyclic) bond motifs is 1. The van der Waals surface area contributed by atoms with Gasteiger partial charge in [0.1, 0.15) is 5.75 Å². The normalized spacial score (nSPS) is 10.8. The second-order valence-corrected chi connectivity index (χ2v) is 7.17. The number of carbonyl (C=O) groups excluding carboxylic acids is 1. The number of aromatic nitrogens is 2. The molecule has 1 amide bonds. The smallest absolute Gasteiger partial charge is 0.276 e. The number of rotatable bonds is 7. The van der Waals surface area contributed by atoms with Crippen LogP contribution in [-0.4, -0.2) is 28.0 Å². The predicted molar refractivity (Wildman–Crippen MR) is 121 cm³/mol. The van der Waals surface area contributed by atoms with E-state index >= 15 is 0 Å². The van der Waals surface area contributed by atoms with Crippen molar-refractivity contribution >= 4 is 28.2 Å². The van der Waals surface area contributed by atoms with Crippen LogP contribution in [0.25, 0.3) is 10.9 Å². The Bertz CT molecular complexity index is 1220. The van der Waals surface area contributed by atoms with Gasteiger partial charge in [0.05, 0.1) is 24.9 Å². The number of ether oxygens (including phenoxy) is 1. The zero-order chi connectivity index (χ0) is 21.8. The molecule has 0 atom stereocenters. The molecule has 7 heteroatoms. The molecule has 0 spiro atoms. The maximum absolute atomic E-state index is 13.1. The molecule has 0 saturated heterocycles. The molecular weight excluding hydrogens is 392 g/mol. The van der Waals surface area contributed by atoms with Gasteiger partial charge in [0.2, 0.25) is 0 Å². The lowest BCUT2D eigenvalue weighted by atomic mass is 10.1. The third kappa shape index (κ3) is 4.22. The first-order valence-corrected chi connectivity index (χ1v) is 10.1. The van der Waals surface area contributed by atoms with Crippen LogP contribution in [0.15, 0.2) is 66.7 Å². The average Bonchev–Trinajstić information content (AvgIpc) is 3.18. The summed E-state index contributed by atoms with van der Waals surface area (Å²) >= 11 is 0. The zero-order valence-corrected chi connectivity index (χ0v) is 17.4. The van der Waals surface area contributed by atoms with E-state index in [0.29, 0.717) is 23.6 Å². The van der Waals surface area contributed by atoms with Crippen molar-refractivity contribution in [2.24, 2.45) is 0 Å². The van der Waals surface area contributed by atoms with E-state index in [1.807, 2.05) is 66.2 Å². The lowest BCUT2D eigenvalue weighted by Gasteiger charge is -2.10. The fourth-order valence-electron chi connectivity index (χ4n) is 3.60. The standard InChI is InChI=1S/C24H24N4O3/c1-3-17-14-19(12-13-22(17)31-2)25-24(29)23-20-6-4-5-7-21(20)28(26-23)15-16-8-10-18(27-30)11-9-16/h4-14,27,30H,3,15H2,1-2H3,(H,25,29). The maximum Gasteiger partial charge on any atom is 0.276 e. The van der Waals surface area contributed by atoms with E-state index in [0.717, 1.165) is 34.2 Å². The van der Waals surface area contributed by atoms with E-state index in [4.69, 9.17) is 9.94 Å². The average molecular weight is 416 g/mol. The first-order chi connectivity index (χ1) is 15.1. The fourth-order valence-corrected chi connectivity index (χ4v) is 3.60. The maximum atomic E-state index is 13.1. The van der Waals surface area contributed by atoms with Crippen molar-refractivity contribution in [2.45, 2.75) is 19.9 Å². The second-order valence-electron chi connectivity index (χ2n) is 7.17. The molecule has 4 aromatic rings. The number of carbonyl (C=O) groups is 1. The van der Waals surface area contributed by atoms with Crippen molar-refractivity contribution in [3.05, 3.63) is 83.6 Å². The van der Waals surface area contributed by atoms with Gasteiger partial charge >= 0.3 is 0 Å². The van der Waals surface area contributed by atoms with Gasteiger partial charge in [0.15, 0.2) is 5.69 Å². The monoisotopic (exact) mass is 416 g/mol. The number of hydrogen-bond acceptors (Lipinski definition) is 5. The number of hydrogen-bond donors (Lipinski definition) is 3. The number of benzene rings is 3. The zero-order valence-electron chi connectivity index (χ0n) is 17.4. The van der Waals surface area contributed by atoms with E-state index < -0.39 is 0 Å². The summed E-state index contributed by atoms with van der Waals surface area (Å²) in [4.78, 5) is 13.1. The van der Waals surface area contributed by atoms with E-state index in [2.05, 4.69) is 15.9 Å². The van der Waals surface area contributed by atoms with E-state index in [1.54, 1.807) is 19.2 Å². The third-order valence-corrected chi connectivity index (χ3v) is 5.21. The molecule has 0 aliphatic rings. The molecule has 158 valence electrons. The van der Waals surface area contributed by atoms with Gasteiger partial charge in [-0.3, -0.25) is 20.2 Å². The summed E-state index contributed by atoms with van der Waals surface area (Å²) in [5, 5.41) is 17.4. The highest BCUT2D eigenvalue weighted by Gasteiger charge is 2.18. The molecule has 4 rings (SSSR count). The first kappa shape index (κ1) is 20.4. The van der Waals surface area contributed by atoms with Crippen LogP contribution >= 0.6 is 0 Å². The molecule has 0 bridgehead atoms. The van der Waals surface area contributed by atoms with Gasteiger partial charge in [0, 0.05) is 11.1 Å². The van der Waals surface area contributed by atoms with Gasteiger partial charge < -0.3 is 10.1 Å². The molecule has 3 aromatic carbocycles. The largest absolute Gasteiger partial charge is 0.496 e. The summed E-state index contributed by atoms with van der Waals surface area (Å²) in [6, 6.07) is 20.6. The number of nitrogens with zero attached hydrogens (tertiary/aromatic N) is 2. The van der Waals surface area contributed by atoms with Gasteiger partial charge in [-0.2, -0.15) is 5.10 Å². The quantitative estimate of drug-likeness (QED) is 0.380. The van der Waals surface area contributed by atoms with Crippen molar-refractivity contribution in [2.75, 3.05) is 17.9 Å². The Kier molecular flexibility index (Phi) is 5.86. The Morgan fingerprint density at radius 3 is 2.52 bits per heavy atom. The minimum Gasteiger partial charge on any atom is -0.496 e. The Morgan fingerprint density at radius 1 is 1.06 bits per heavy atom. The van der Waals surface area contributed by atoms with Gasteiger partial charge in [0.25, 0.3) is 5.91 Å². The van der Waals surface area contributed by atoms with Crippen molar-refractivity contribution in [3.63, 3.8) is 0 Å². The molecule has 0 unspecified atom stereocenters. The molecular formula is C24H24N4O3. The highest BCUT2D eigenvalue weighted by molar-refractivity contribution is 6.11. The molecule has 0 fully saturated rings. The molecule has 1 aromatic heterocycles. The van der Waals surface area contributed by atoms with Crippen LogP contribution in [0.2, 0.25) is 0 Å². The summed E-state index contributed by atoms with van der Waals surface area (Å²) in [6.45, 7) is 2.55. The number of amides is 1. The van der Waals surface area contributed by atoms with Crippen LogP contribution in [-0.2, 0) is 13.0 Å². The number of aryl methyl sites for hydroxylation is 1. The molecule has 31 heavy (non-hydrogen) atoms. The minimum atomic E-state index is -0.262. The predicted octanol–water partition coefficient (Wildman–Crippen LogP) is 4.71. The number of nitrogens with one attached hydrogen (secondary N) is 2. The van der Waals surface area contributed by atoms with Crippen LogP contribution in [0, 0.1) is 0 Å². The highest BCUT2D eigenvalue weighted by atomic mass is 16.5. The third-order valence-electron chi connectivity index (χ3n) is 5.21. The first-order valence-electron chi connectivity index (χ1n) is 10.1. The Hall–Kier alpha value is -3.84. The summed E-state index contributed by atoms with van der Waals surface area (Å²) < 4.78 is 7.18. The molecule has 1 heterocycles. The molecule has 0 radical (unpaired) electrons. The van der Waals surface area contributed by atoms with Crippen LogP contribution in [0.3, 0.4) is 0 Å². The topological polar surface area (TPSA) is 88.4 Å². The number of anilines is 2. The van der Waals surface area contributed by atoms with E-state index in [9.17, 15) is 4.79 Å². The van der Waals surface area contributed by atoms with Crippen LogP contribution in [0.5, 0.6) is 5.75 Å². The second kappa shape index (κ2) is 8.89. The van der Waals surface area contributed by atoms with Gasteiger partial charge in [-0.05, 0) is 53.9 Å². The lowest BCUT2D eigenvalue weighted by molar-refractivity contribution is 0.102. The van der Waals surface area contributed by atoms with Gasteiger partial charge in [-0.25, -0.2) is 0 Å². The molecule has 7 nitrogen and oxygen atoms in total. The summed E-state index contributed by atoms with van der Waals surface area (Å²) in [7, 11) is 1.64. The van der Waals surface area contributed by atoms with Crippen LogP contribution < -0.4 is 15.5 Å². The molecule has 3 N–H and O–H groups in total. The van der Waals surface area contributed by atoms with Crippen molar-refractivity contribution in [3.8, 4) is 5.75 Å².